The third kappa shape index (κ3) is 5.73. The molecule has 0 saturated carbocycles. The number of anilines is 1. The van der Waals surface area contributed by atoms with Gasteiger partial charge in [-0.25, -0.2) is 8.42 Å². The topological polar surface area (TPSA) is 69.7 Å². The first-order valence-electron chi connectivity index (χ1n) is 11.3. The number of nitrogens with one attached hydrogen (secondary N) is 1. The Balaban J connectivity index is 1.38. The molecule has 1 heterocycles. The summed E-state index contributed by atoms with van der Waals surface area (Å²) in [6.45, 7) is 5.48. The molecule has 4 rings (SSSR count). The third-order valence-corrected chi connectivity index (χ3v) is 7.38. The first-order valence-corrected chi connectivity index (χ1v) is 12.8. The molecule has 3 aromatic rings. The van der Waals surface area contributed by atoms with E-state index in [2.05, 4.69) is 33.9 Å². The van der Waals surface area contributed by atoms with Gasteiger partial charge in [-0.05, 0) is 42.3 Å². The van der Waals surface area contributed by atoms with Gasteiger partial charge in [0.25, 0.3) is 15.9 Å². The predicted octanol–water partition coefficient (Wildman–Crippen LogP) is 4.27. The minimum atomic E-state index is -3.73. The first-order chi connectivity index (χ1) is 16.4. The zero-order chi connectivity index (χ0) is 24.0. The van der Waals surface area contributed by atoms with E-state index in [-0.39, 0.29) is 10.8 Å². The summed E-state index contributed by atoms with van der Waals surface area (Å²) in [4.78, 5) is 17.6. The maximum absolute atomic E-state index is 13.2. The Morgan fingerprint density at radius 3 is 2.21 bits per heavy atom. The van der Waals surface area contributed by atoms with E-state index in [1.165, 1.54) is 5.56 Å². The van der Waals surface area contributed by atoms with E-state index < -0.39 is 10.0 Å². The maximum atomic E-state index is 13.2. The number of sulfonamides is 1. The molecule has 1 saturated heterocycles. The second kappa shape index (κ2) is 10.7. The van der Waals surface area contributed by atoms with E-state index in [1.54, 1.807) is 55.5 Å². The molecular formula is C27H29N3O3S. The van der Waals surface area contributed by atoms with Gasteiger partial charge in [0, 0.05) is 38.3 Å². The highest BCUT2D eigenvalue weighted by molar-refractivity contribution is 7.92. The van der Waals surface area contributed by atoms with Crippen LogP contribution < -0.4 is 4.72 Å². The van der Waals surface area contributed by atoms with Gasteiger partial charge in [0.15, 0.2) is 0 Å². The Morgan fingerprint density at radius 2 is 1.53 bits per heavy atom. The molecule has 0 spiro atoms. The molecule has 7 heteroatoms. The van der Waals surface area contributed by atoms with Gasteiger partial charge in [0.1, 0.15) is 0 Å². The van der Waals surface area contributed by atoms with Crippen LogP contribution in [0.15, 0.2) is 89.8 Å². The van der Waals surface area contributed by atoms with Crippen LogP contribution in [0.1, 0.15) is 21.5 Å². The fourth-order valence-electron chi connectivity index (χ4n) is 3.99. The predicted molar refractivity (Wildman–Crippen MR) is 136 cm³/mol. The number of hydrogen-bond acceptors (Lipinski definition) is 4. The van der Waals surface area contributed by atoms with Crippen LogP contribution in [0.3, 0.4) is 0 Å². The highest BCUT2D eigenvalue weighted by Gasteiger charge is 2.24. The van der Waals surface area contributed by atoms with Crippen molar-refractivity contribution in [2.45, 2.75) is 11.8 Å². The van der Waals surface area contributed by atoms with Crippen LogP contribution in [0.2, 0.25) is 0 Å². The monoisotopic (exact) mass is 475 g/mol. The van der Waals surface area contributed by atoms with Gasteiger partial charge in [-0.3, -0.25) is 14.4 Å². The van der Waals surface area contributed by atoms with Crippen molar-refractivity contribution in [3.05, 3.63) is 102 Å². The molecule has 0 bridgehead atoms. The van der Waals surface area contributed by atoms with Crippen molar-refractivity contribution in [2.24, 2.45) is 0 Å². The molecule has 0 atom stereocenters. The second-order valence-corrected chi connectivity index (χ2v) is 9.98. The van der Waals surface area contributed by atoms with Crippen molar-refractivity contribution >= 4 is 27.7 Å². The Hall–Kier alpha value is -3.42. The van der Waals surface area contributed by atoms with Gasteiger partial charge in [0.05, 0.1) is 10.6 Å². The highest BCUT2D eigenvalue weighted by Crippen LogP contribution is 2.24. The van der Waals surface area contributed by atoms with Crippen molar-refractivity contribution in [2.75, 3.05) is 37.4 Å². The molecule has 1 N–H and O–H groups in total. The van der Waals surface area contributed by atoms with Crippen LogP contribution in [-0.4, -0.2) is 56.8 Å². The maximum Gasteiger partial charge on any atom is 0.261 e. The SMILES string of the molecule is Cc1c(NS(=O)(=O)c2ccccc2)cccc1C(=O)N1CCN(C/C=C/c2ccccc2)CC1. The van der Waals surface area contributed by atoms with Crippen LogP contribution in [0, 0.1) is 6.92 Å². The number of amides is 1. The van der Waals surface area contributed by atoms with E-state index in [0.717, 1.165) is 19.6 Å². The molecule has 6 nitrogen and oxygen atoms in total. The van der Waals surface area contributed by atoms with E-state index in [1.807, 2.05) is 23.1 Å². The lowest BCUT2D eigenvalue weighted by atomic mass is 10.1. The number of nitrogens with zero attached hydrogens (tertiary/aromatic N) is 2. The standard InChI is InChI=1S/C27H29N3O3S/c1-22-25(15-8-16-26(22)28-34(32,33)24-13-6-3-7-14-24)27(31)30-20-18-29(19-21-30)17-9-12-23-10-4-2-5-11-23/h2-16,28H,17-21H2,1H3/b12-9+. The molecule has 1 aliphatic heterocycles. The summed E-state index contributed by atoms with van der Waals surface area (Å²) in [5.41, 5.74) is 2.74. The molecule has 1 amide bonds. The average molecular weight is 476 g/mol. The minimum absolute atomic E-state index is 0.0715. The zero-order valence-corrected chi connectivity index (χ0v) is 20.0. The number of piperazine rings is 1. The van der Waals surface area contributed by atoms with E-state index in [0.29, 0.717) is 29.9 Å². The summed E-state index contributed by atoms with van der Waals surface area (Å²) in [7, 11) is -3.73. The lowest BCUT2D eigenvalue weighted by Gasteiger charge is -2.34. The Labute approximate surface area is 201 Å². The van der Waals surface area contributed by atoms with Crippen LogP contribution in [0.5, 0.6) is 0 Å². The molecule has 1 fully saturated rings. The molecule has 176 valence electrons. The molecule has 0 aliphatic carbocycles. The van der Waals surface area contributed by atoms with Crippen molar-refractivity contribution in [3.8, 4) is 0 Å². The molecule has 1 aliphatic rings. The lowest BCUT2D eigenvalue weighted by molar-refractivity contribution is 0.0649. The van der Waals surface area contributed by atoms with Crippen molar-refractivity contribution < 1.29 is 13.2 Å². The number of hydrogen-bond donors (Lipinski definition) is 1. The third-order valence-electron chi connectivity index (χ3n) is 6.00. The van der Waals surface area contributed by atoms with E-state index >= 15 is 0 Å². The highest BCUT2D eigenvalue weighted by atomic mass is 32.2. The van der Waals surface area contributed by atoms with Crippen LogP contribution in [0.4, 0.5) is 5.69 Å². The Kier molecular flexibility index (Phi) is 7.45. The summed E-state index contributed by atoms with van der Waals surface area (Å²) in [6, 6.07) is 23.6. The summed E-state index contributed by atoms with van der Waals surface area (Å²) >= 11 is 0. The Morgan fingerprint density at radius 1 is 0.882 bits per heavy atom. The zero-order valence-electron chi connectivity index (χ0n) is 19.2. The first kappa shape index (κ1) is 23.7. The van der Waals surface area contributed by atoms with Gasteiger partial charge in [-0.15, -0.1) is 0 Å². The van der Waals surface area contributed by atoms with Crippen molar-refractivity contribution in [1.82, 2.24) is 9.80 Å². The number of carbonyl (C=O) groups is 1. The molecule has 3 aromatic carbocycles. The molecular weight excluding hydrogens is 446 g/mol. The molecule has 0 aromatic heterocycles. The van der Waals surface area contributed by atoms with E-state index in [9.17, 15) is 13.2 Å². The van der Waals surface area contributed by atoms with Crippen LogP contribution in [0.25, 0.3) is 6.08 Å². The quantitative estimate of drug-likeness (QED) is 0.554. The van der Waals surface area contributed by atoms with Gasteiger partial charge < -0.3 is 4.90 Å². The summed E-state index contributed by atoms with van der Waals surface area (Å²) in [6.07, 6.45) is 4.27. The van der Waals surface area contributed by atoms with Gasteiger partial charge in [-0.1, -0.05) is 66.7 Å². The summed E-state index contributed by atoms with van der Waals surface area (Å²) < 4.78 is 28.1. The fourth-order valence-corrected chi connectivity index (χ4v) is 5.13. The molecule has 0 unspecified atom stereocenters. The van der Waals surface area contributed by atoms with Crippen LogP contribution >= 0.6 is 0 Å². The lowest BCUT2D eigenvalue weighted by Crippen LogP contribution is -2.48. The smallest absolute Gasteiger partial charge is 0.261 e. The number of rotatable bonds is 7. The number of benzene rings is 3. The summed E-state index contributed by atoms with van der Waals surface area (Å²) in [5, 5.41) is 0. The number of carbonyl (C=O) groups excluding carboxylic acids is 1. The van der Waals surface area contributed by atoms with E-state index in [4.69, 9.17) is 0 Å². The van der Waals surface area contributed by atoms with Gasteiger partial charge in [-0.2, -0.15) is 0 Å². The normalized spacial score (nSPS) is 14.9. The Bertz CT molecular complexity index is 1250. The molecule has 34 heavy (non-hydrogen) atoms. The fraction of sp³-hybridized carbons (Fsp3) is 0.222. The van der Waals surface area contributed by atoms with Crippen LogP contribution in [-0.2, 0) is 10.0 Å². The summed E-state index contributed by atoms with van der Waals surface area (Å²) in [5.74, 6) is -0.0715. The average Bonchev–Trinajstić information content (AvgIpc) is 2.86. The molecule has 0 radical (unpaired) electrons. The minimum Gasteiger partial charge on any atom is -0.336 e. The van der Waals surface area contributed by atoms with Gasteiger partial charge in [0.2, 0.25) is 0 Å². The second-order valence-electron chi connectivity index (χ2n) is 8.30. The van der Waals surface area contributed by atoms with Gasteiger partial charge >= 0.3 is 0 Å². The van der Waals surface area contributed by atoms with Crippen molar-refractivity contribution in [3.63, 3.8) is 0 Å². The largest absolute Gasteiger partial charge is 0.336 e. The van der Waals surface area contributed by atoms with Crippen molar-refractivity contribution in [1.29, 1.82) is 0 Å².